The Morgan fingerprint density at radius 2 is 1.43 bits per heavy atom. The van der Waals surface area contributed by atoms with Gasteiger partial charge >= 0.3 is 7.82 Å². The van der Waals surface area contributed by atoms with Crippen molar-refractivity contribution >= 4 is 19.2 Å². The van der Waals surface area contributed by atoms with Gasteiger partial charge in [0.1, 0.15) is 35.8 Å². The number of nitrogens with zero attached hydrogens (tertiary/aromatic N) is 3. The van der Waals surface area contributed by atoms with E-state index in [1.165, 1.54) is 108 Å². The number of hydrogen-bond donors (Lipinski definition) is 4. The van der Waals surface area contributed by atoms with Gasteiger partial charge in [-0.25, -0.2) is 14.1 Å². The van der Waals surface area contributed by atoms with Gasteiger partial charge in [-0.1, -0.05) is 103 Å². The van der Waals surface area contributed by atoms with Crippen molar-refractivity contribution in [3.63, 3.8) is 0 Å². The van der Waals surface area contributed by atoms with Crippen LogP contribution in [0.4, 0.5) is 5.82 Å². The molecule has 1 unspecified atom stereocenters. The molecule has 1 fully saturated rings. The van der Waals surface area contributed by atoms with Crippen LogP contribution in [0.5, 0.6) is 0 Å². The summed E-state index contributed by atoms with van der Waals surface area (Å²) in [4.78, 5) is 14.1. The Hall–Kier alpha value is -1.63. The first-order chi connectivity index (χ1) is 22.2. The maximum absolute atomic E-state index is 12.5. The molecule has 264 valence electrons. The number of aromatic nitrogens is 3. The minimum Gasteiger partial charge on any atom is -0.387 e. The number of phosphoric acid groups is 1. The zero-order chi connectivity index (χ0) is 33.3. The number of fused-ring (bicyclic) bond motifs is 1. The Kier molecular flexibility index (Phi) is 17.4. The van der Waals surface area contributed by atoms with Gasteiger partial charge in [-0.05, 0) is 31.9 Å². The smallest absolute Gasteiger partial charge is 0.387 e. The summed E-state index contributed by atoms with van der Waals surface area (Å²) in [6.07, 6.45) is 19.2. The van der Waals surface area contributed by atoms with Gasteiger partial charge in [-0.3, -0.25) is 9.05 Å². The Bertz CT molecular complexity index is 1170. The first kappa shape index (κ1) is 38.8. The van der Waals surface area contributed by atoms with E-state index in [-0.39, 0.29) is 12.4 Å². The number of aliphatic hydroxyl groups excluding tert-OH is 2. The fourth-order valence-electron chi connectivity index (χ4n) is 5.94. The lowest BCUT2D eigenvalue weighted by atomic mass is 9.97. The molecule has 0 aromatic carbocycles. The predicted octanol–water partition coefficient (Wildman–Crippen LogP) is 6.67. The Morgan fingerprint density at radius 3 is 2.04 bits per heavy atom. The number of unbranched alkanes of at least 4 members (excludes halogenated alkanes) is 15. The third-order valence-electron chi connectivity index (χ3n) is 8.80. The van der Waals surface area contributed by atoms with Crippen molar-refractivity contribution in [1.82, 2.24) is 14.6 Å². The highest BCUT2D eigenvalue weighted by molar-refractivity contribution is 7.47. The Labute approximate surface area is 275 Å². The van der Waals surface area contributed by atoms with Crippen LogP contribution in [0.15, 0.2) is 18.5 Å². The lowest BCUT2D eigenvalue weighted by molar-refractivity contribution is -0.0995. The second-order valence-corrected chi connectivity index (χ2v) is 14.3. The zero-order valence-electron chi connectivity index (χ0n) is 28.1. The van der Waals surface area contributed by atoms with Crippen LogP contribution < -0.4 is 5.73 Å². The van der Waals surface area contributed by atoms with Gasteiger partial charge in [0, 0.05) is 13.2 Å². The summed E-state index contributed by atoms with van der Waals surface area (Å²) in [7, 11) is -4.42. The first-order valence-electron chi connectivity index (χ1n) is 17.5. The van der Waals surface area contributed by atoms with Gasteiger partial charge in [-0.15, -0.1) is 0 Å². The number of nitrogen functional groups attached to an aromatic ring is 1. The standard InChI is InChI=1S/C33H59N4O8P/c1-3-4-5-6-7-8-9-10-11-12-13-14-15-16-17-18-22-42-23-19-24-43-46(40,41)44-25-33(2)31(39)29(38)30(45-33)27-20-21-28-32(34)35-26-36-37(27)28/h20-21,26,29-31,38-39H,3-19,22-25H2,1-2H3,(H,40,41)(H2,34,35,36)/t29-,30-,31-,33+/m0/s1. The molecular formula is C33H59N4O8P. The monoisotopic (exact) mass is 670 g/mol. The normalized spacial score (nSPS) is 22.9. The van der Waals surface area contributed by atoms with E-state index in [0.717, 1.165) is 12.8 Å². The fraction of sp³-hybridized carbons (Fsp3) is 0.818. The van der Waals surface area contributed by atoms with E-state index in [9.17, 15) is 19.7 Å². The molecule has 46 heavy (non-hydrogen) atoms. The maximum Gasteiger partial charge on any atom is 0.472 e. The van der Waals surface area contributed by atoms with Crippen molar-refractivity contribution in [2.45, 2.75) is 147 Å². The number of hydrogen-bond acceptors (Lipinski definition) is 10. The maximum atomic E-state index is 12.5. The molecule has 2 aromatic heterocycles. The van der Waals surface area contributed by atoms with Crippen molar-refractivity contribution in [1.29, 1.82) is 0 Å². The molecular weight excluding hydrogens is 611 g/mol. The van der Waals surface area contributed by atoms with Gasteiger partial charge < -0.3 is 30.3 Å². The number of ether oxygens (including phenoxy) is 2. The van der Waals surface area contributed by atoms with E-state index in [2.05, 4.69) is 17.0 Å². The Morgan fingerprint density at radius 1 is 0.870 bits per heavy atom. The van der Waals surface area contributed by atoms with Gasteiger partial charge in [0.25, 0.3) is 0 Å². The van der Waals surface area contributed by atoms with Crippen LogP contribution in [0, 0.1) is 0 Å². The van der Waals surface area contributed by atoms with Crippen LogP contribution >= 0.6 is 7.82 Å². The molecule has 0 amide bonds. The van der Waals surface area contributed by atoms with Crippen LogP contribution in [-0.4, -0.2) is 73.9 Å². The van der Waals surface area contributed by atoms with Crippen LogP contribution in [0.1, 0.15) is 135 Å². The zero-order valence-corrected chi connectivity index (χ0v) is 29.0. The number of rotatable bonds is 26. The molecule has 2 aromatic rings. The third kappa shape index (κ3) is 12.8. The molecule has 12 nitrogen and oxygen atoms in total. The van der Waals surface area contributed by atoms with E-state index < -0.39 is 38.3 Å². The van der Waals surface area contributed by atoms with Crippen LogP contribution in [0.25, 0.3) is 5.52 Å². The molecule has 0 aliphatic carbocycles. The first-order valence-corrected chi connectivity index (χ1v) is 19.0. The second-order valence-electron chi connectivity index (χ2n) is 12.8. The quantitative estimate of drug-likeness (QED) is 0.0623. The fourth-order valence-corrected chi connectivity index (χ4v) is 6.80. The second kappa shape index (κ2) is 20.7. The molecule has 3 heterocycles. The predicted molar refractivity (Wildman–Crippen MR) is 178 cm³/mol. The van der Waals surface area contributed by atoms with E-state index >= 15 is 0 Å². The summed E-state index contributed by atoms with van der Waals surface area (Å²) in [5.74, 6) is 0.254. The molecule has 0 spiro atoms. The molecule has 3 rings (SSSR count). The van der Waals surface area contributed by atoms with Gasteiger partial charge in [0.05, 0.1) is 18.9 Å². The van der Waals surface area contributed by atoms with Crippen molar-refractivity contribution in [2.75, 3.05) is 32.2 Å². The number of phosphoric ester groups is 1. The summed E-state index contributed by atoms with van der Waals surface area (Å²) >= 11 is 0. The van der Waals surface area contributed by atoms with E-state index in [0.29, 0.717) is 30.8 Å². The van der Waals surface area contributed by atoms with Crippen LogP contribution in [0.2, 0.25) is 0 Å². The van der Waals surface area contributed by atoms with E-state index in [4.69, 9.17) is 24.3 Å². The van der Waals surface area contributed by atoms with Gasteiger partial charge in [0.2, 0.25) is 0 Å². The average Bonchev–Trinajstić information content (AvgIpc) is 3.56. The lowest BCUT2D eigenvalue weighted by Gasteiger charge is -2.28. The SMILES string of the molecule is CCCCCCCCCCCCCCCCCCOCCCOP(=O)(O)OC[C@@]1(C)O[C@@H](c2ccc3c(N)ncnn23)[C@H](O)[C@@H]1O. The molecule has 5 N–H and O–H groups in total. The number of nitrogens with two attached hydrogens (primary N) is 1. The average molecular weight is 671 g/mol. The largest absolute Gasteiger partial charge is 0.472 e. The number of aliphatic hydroxyl groups is 2. The summed E-state index contributed by atoms with van der Waals surface area (Å²) in [5.41, 5.74) is 5.37. The topological polar surface area (TPSA) is 171 Å². The van der Waals surface area contributed by atoms with E-state index in [1.54, 1.807) is 12.1 Å². The van der Waals surface area contributed by atoms with Gasteiger partial charge in [-0.2, -0.15) is 5.10 Å². The molecule has 1 aliphatic heterocycles. The summed E-state index contributed by atoms with van der Waals surface area (Å²) in [5, 5.41) is 25.6. The molecule has 1 saturated heterocycles. The minimum atomic E-state index is -4.42. The van der Waals surface area contributed by atoms with Gasteiger partial charge in [0.15, 0.2) is 5.82 Å². The Balaban J connectivity index is 1.17. The number of anilines is 1. The summed E-state index contributed by atoms with van der Waals surface area (Å²) in [6, 6.07) is 3.34. The van der Waals surface area contributed by atoms with Crippen LogP contribution in [0.3, 0.4) is 0 Å². The molecule has 0 bridgehead atoms. The minimum absolute atomic E-state index is 0.0185. The van der Waals surface area contributed by atoms with Crippen molar-refractivity contribution in [2.24, 2.45) is 0 Å². The van der Waals surface area contributed by atoms with Crippen molar-refractivity contribution < 1.29 is 38.2 Å². The third-order valence-corrected chi connectivity index (χ3v) is 9.77. The molecule has 5 atom stereocenters. The summed E-state index contributed by atoms with van der Waals surface area (Å²) < 4.78 is 35.8. The summed E-state index contributed by atoms with van der Waals surface area (Å²) in [6.45, 7) is 4.35. The van der Waals surface area contributed by atoms with E-state index in [1.807, 2.05) is 0 Å². The lowest BCUT2D eigenvalue weighted by Crippen LogP contribution is -2.44. The highest BCUT2D eigenvalue weighted by atomic mass is 31.2. The molecule has 13 heteroatoms. The van der Waals surface area contributed by atoms with Crippen molar-refractivity contribution in [3.05, 3.63) is 24.2 Å². The highest BCUT2D eigenvalue weighted by Gasteiger charge is 2.53. The van der Waals surface area contributed by atoms with Crippen LogP contribution in [-0.2, 0) is 23.1 Å². The molecule has 0 saturated carbocycles. The van der Waals surface area contributed by atoms with Crippen molar-refractivity contribution in [3.8, 4) is 0 Å². The molecule has 0 radical (unpaired) electrons. The molecule has 1 aliphatic rings. The highest BCUT2D eigenvalue weighted by Crippen LogP contribution is 2.47.